The number of anilines is 2. The molecule has 4 heteroatoms. The zero-order valence-electron chi connectivity index (χ0n) is 14.5. The normalized spacial score (nSPS) is 24.8. The Labute approximate surface area is 147 Å². The molecule has 1 aliphatic carbocycles. The average Bonchev–Trinajstić information content (AvgIpc) is 2.78. The fourth-order valence-corrected chi connectivity index (χ4v) is 3.78. The number of allylic oxidation sites excluding steroid dienone is 1. The molecule has 2 aromatic rings. The van der Waals surface area contributed by atoms with Crippen LogP contribution in [0.3, 0.4) is 0 Å². The summed E-state index contributed by atoms with van der Waals surface area (Å²) in [7, 11) is 1.66. The lowest BCUT2D eigenvalue weighted by Gasteiger charge is -2.31. The third-order valence-corrected chi connectivity index (χ3v) is 4.99. The molecule has 0 radical (unpaired) electrons. The number of hydrogen-bond acceptors (Lipinski definition) is 4. The van der Waals surface area contributed by atoms with E-state index in [4.69, 9.17) is 4.74 Å². The number of Topliss-reactive ketones (excluding diaryl/α,β-unsaturated/α-hetero) is 1. The lowest BCUT2D eigenvalue weighted by atomic mass is 9.79. The first-order valence-corrected chi connectivity index (χ1v) is 8.66. The van der Waals surface area contributed by atoms with Crippen LogP contribution in [0.4, 0.5) is 11.4 Å². The summed E-state index contributed by atoms with van der Waals surface area (Å²) in [6, 6.07) is 16.0. The van der Waals surface area contributed by atoms with E-state index in [2.05, 4.69) is 23.6 Å². The minimum absolute atomic E-state index is 0.103. The number of ether oxygens (including phenoxy) is 1. The van der Waals surface area contributed by atoms with E-state index >= 15 is 0 Å². The van der Waals surface area contributed by atoms with Crippen LogP contribution < -0.4 is 15.4 Å². The first-order valence-electron chi connectivity index (χ1n) is 8.66. The Morgan fingerprint density at radius 1 is 1.04 bits per heavy atom. The van der Waals surface area contributed by atoms with Gasteiger partial charge in [0.2, 0.25) is 0 Å². The summed E-state index contributed by atoms with van der Waals surface area (Å²) in [5, 5.41) is 7.09. The lowest BCUT2D eigenvalue weighted by molar-refractivity contribution is -0.123. The van der Waals surface area contributed by atoms with Gasteiger partial charge in [0.15, 0.2) is 0 Å². The first-order chi connectivity index (χ1) is 12.2. The van der Waals surface area contributed by atoms with Crippen molar-refractivity contribution in [2.24, 2.45) is 11.8 Å². The summed E-state index contributed by atoms with van der Waals surface area (Å²) in [6.07, 6.45) is 2.78. The Hall–Kier alpha value is -2.75. The molecule has 4 nitrogen and oxygen atoms in total. The van der Waals surface area contributed by atoms with Crippen LogP contribution in [-0.4, -0.2) is 12.9 Å². The Morgan fingerprint density at radius 2 is 1.76 bits per heavy atom. The van der Waals surface area contributed by atoms with Gasteiger partial charge in [-0.3, -0.25) is 4.79 Å². The molecule has 25 heavy (non-hydrogen) atoms. The van der Waals surface area contributed by atoms with E-state index < -0.39 is 0 Å². The molecule has 0 spiro atoms. The summed E-state index contributed by atoms with van der Waals surface area (Å²) in [5.41, 5.74) is 4.11. The predicted molar refractivity (Wildman–Crippen MR) is 99.8 cm³/mol. The number of nitrogens with one attached hydrogen (secondary N) is 2. The van der Waals surface area contributed by atoms with Gasteiger partial charge in [-0.25, -0.2) is 0 Å². The number of methoxy groups -OCH3 is 1. The number of carbonyl (C=O) groups excluding carboxylic acids is 1. The maximum Gasteiger partial charge on any atom is 0.144 e. The smallest absolute Gasteiger partial charge is 0.144 e. The molecule has 0 saturated heterocycles. The van der Waals surface area contributed by atoms with Gasteiger partial charge in [-0.2, -0.15) is 0 Å². The standard InChI is InChI=1S/C21H22N2O2/c1-13-11-18-20(19(24)12-13)21(14-7-9-15(25-2)10-8-14)23-17-6-4-3-5-16(17)22-18/h3-11,13,20-23H,12H2,1-2H3/t13-,20-,21-/m0/s1. The van der Waals surface area contributed by atoms with E-state index in [1.54, 1.807) is 7.11 Å². The van der Waals surface area contributed by atoms with Gasteiger partial charge in [-0.05, 0) is 35.7 Å². The van der Waals surface area contributed by atoms with Crippen molar-refractivity contribution in [1.82, 2.24) is 0 Å². The van der Waals surface area contributed by atoms with Gasteiger partial charge in [0.1, 0.15) is 11.5 Å². The molecule has 0 fully saturated rings. The first kappa shape index (κ1) is 15.8. The molecular weight excluding hydrogens is 312 g/mol. The highest BCUT2D eigenvalue weighted by atomic mass is 16.5. The minimum Gasteiger partial charge on any atom is -0.497 e. The molecule has 0 aromatic heterocycles. The largest absolute Gasteiger partial charge is 0.497 e. The molecule has 0 saturated carbocycles. The van der Waals surface area contributed by atoms with Crippen molar-refractivity contribution in [2.75, 3.05) is 17.7 Å². The fraction of sp³-hybridized carbons (Fsp3) is 0.286. The number of fused-ring (bicyclic) bond motifs is 2. The van der Waals surface area contributed by atoms with E-state index in [9.17, 15) is 4.79 Å². The van der Waals surface area contributed by atoms with Crippen LogP contribution in [0.5, 0.6) is 5.75 Å². The average molecular weight is 334 g/mol. The second-order valence-electron chi connectivity index (χ2n) is 6.81. The highest BCUT2D eigenvalue weighted by Gasteiger charge is 2.38. The van der Waals surface area contributed by atoms with Crippen molar-refractivity contribution in [3.05, 3.63) is 65.9 Å². The highest BCUT2D eigenvalue weighted by Crippen LogP contribution is 2.42. The van der Waals surface area contributed by atoms with Gasteiger partial charge in [0, 0.05) is 12.1 Å². The van der Waals surface area contributed by atoms with Crippen LogP contribution in [0, 0.1) is 11.8 Å². The van der Waals surface area contributed by atoms with Crippen LogP contribution in [0.2, 0.25) is 0 Å². The quantitative estimate of drug-likeness (QED) is 0.855. The molecular formula is C21H22N2O2. The molecule has 128 valence electrons. The Kier molecular flexibility index (Phi) is 3.96. The van der Waals surface area contributed by atoms with Gasteiger partial charge in [-0.1, -0.05) is 37.3 Å². The minimum atomic E-state index is -0.211. The fourth-order valence-electron chi connectivity index (χ4n) is 3.78. The summed E-state index contributed by atoms with van der Waals surface area (Å²) in [6.45, 7) is 2.09. The summed E-state index contributed by atoms with van der Waals surface area (Å²) in [5.74, 6) is 1.14. The number of para-hydroxylation sites is 2. The van der Waals surface area contributed by atoms with Gasteiger partial charge in [0.05, 0.1) is 30.4 Å². The van der Waals surface area contributed by atoms with E-state index in [1.807, 2.05) is 48.5 Å². The van der Waals surface area contributed by atoms with Crippen LogP contribution >= 0.6 is 0 Å². The van der Waals surface area contributed by atoms with Crippen LogP contribution in [0.25, 0.3) is 0 Å². The molecule has 3 atom stereocenters. The summed E-state index contributed by atoms with van der Waals surface area (Å²) < 4.78 is 5.27. The van der Waals surface area contributed by atoms with Crippen molar-refractivity contribution in [3.8, 4) is 5.75 Å². The van der Waals surface area contributed by atoms with Crippen molar-refractivity contribution in [3.63, 3.8) is 0 Å². The van der Waals surface area contributed by atoms with Crippen LogP contribution in [0.1, 0.15) is 24.9 Å². The molecule has 2 N–H and O–H groups in total. The van der Waals surface area contributed by atoms with Crippen molar-refractivity contribution >= 4 is 17.2 Å². The number of benzene rings is 2. The molecule has 2 aliphatic rings. The second kappa shape index (κ2) is 6.28. The molecule has 0 unspecified atom stereocenters. The monoisotopic (exact) mass is 334 g/mol. The van der Waals surface area contributed by atoms with E-state index in [1.165, 1.54) is 0 Å². The Bertz CT molecular complexity index is 826. The zero-order valence-corrected chi connectivity index (χ0v) is 14.5. The maximum atomic E-state index is 12.9. The third kappa shape index (κ3) is 2.88. The summed E-state index contributed by atoms with van der Waals surface area (Å²) in [4.78, 5) is 12.9. The number of carbonyl (C=O) groups is 1. The highest BCUT2D eigenvalue weighted by molar-refractivity contribution is 5.89. The molecule has 1 aliphatic heterocycles. The molecule has 0 amide bonds. The van der Waals surface area contributed by atoms with Gasteiger partial charge < -0.3 is 15.4 Å². The van der Waals surface area contributed by atoms with E-state index in [0.29, 0.717) is 6.42 Å². The second-order valence-corrected chi connectivity index (χ2v) is 6.81. The zero-order chi connectivity index (χ0) is 17.4. The predicted octanol–water partition coefficient (Wildman–Crippen LogP) is 4.38. The number of rotatable bonds is 2. The van der Waals surface area contributed by atoms with Crippen molar-refractivity contribution in [1.29, 1.82) is 0 Å². The Balaban J connectivity index is 1.82. The SMILES string of the molecule is COc1ccc([C@@H]2Nc3ccccc3NC3=C[C@H](C)CC(=O)[C@H]32)cc1. The van der Waals surface area contributed by atoms with Gasteiger partial charge in [-0.15, -0.1) is 0 Å². The van der Waals surface area contributed by atoms with E-state index in [0.717, 1.165) is 28.4 Å². The molecule has 4 rings (SSSR count). The van der Waals surface area contributed by atoms with Gasteiger partial charge in [0.25, 0.3) is 0 Å². The van der Waals surface area contributed by atoms with Crippen molar-refractivity contribution in [2.45, 2.75) is 19.4 Å². The maximum absolute atomic E-state index is 12.9. The molecule has 1 heterocycles. The van der Waals surface area contributed by atoms with E-state index in [-0.39, 0.29) is 23.7 Å². The van der Waals surface area contributed by atoms with Crippen LogP contribution in [-0.2, 0) is 4.79 Å². The number of ketones is 1. The molecule has 2 aromatic carbocycles. The summed E-state index contributed by atoms with van der Waals surface area (Å²) >= 11 is 0. The number of hydrogen-bond donors (Lipinski definition) is 2. The van der Waals surface area contributed by atoms with Gasteiger partial charge >= 0.3 is 0 Å². The van der Waals surface area contributed by atoms with Crippen molar-refractivity contribution < 1.29 is 9.53 Å². The lowest BCUT2D eigenvalue weighted by Crippen LogP contribution is -2.33. The third-order valence-electron chi connectivity index (χ3n) is 4.99. The topological polar surface area (TPSA) is 50.4 Å². The Morgan fingerprint density at radius 3 is 2.48 bits per heavy atom. The van der Waals surface area contributed by atoms with Crippen LogP contribution in [0.15, 0.2) is 60.3 Å². The molecule has 0 bridgehead atoms.